The Morgan fingerprint density at radius 2 is 2.15 bits per heavy atom. The van der Waals surface area contributed by atoms with Crippen molar-refractivity contribution in [2.24, 2.45) is 0 Å². The molecule has 1 amide bonds. The second-order valence-electron chi connectivity index (χ2n) is 5.01. The highest BCUT2D eigenvalue weighted by molar-refractivity contribution is 5.93. The zero-order chi connectivity index (χ0) is 14.4. The predicted molar refractivity (Wildman–Crippen MR) is 80.3 cm³/mol. The third-order valence-electron chi connectivity index (χ3n) is 3.29. The molecule has 0 saturated carbocycles. The summed E-state index contributed by atoms with van der Waals surface area (Å²) in [5.41, 5.74) is 1.87. The molecule has 0 unspecified atom stereocenters. The van der Waals surface area contributed by atoms with E-state index in [0.717, 1.165) is 43.2 Å². The summed E-state index contributed by atoms with van der Waals surface area (Å²) >= 11 is 0. The number of aryl methyl sites for hydroxylation is 1. The van der Waals surface area contributed by atoms with Gasteiger partial charge in [-0.25, -0.2) is 0 Å². The number of anilines is 1. The molecule has 5 nitrogen and oxygen atoms in total. The Morgan fingerprint density at radius 3 is 2.85 bits per heavy atom. The molecule has 0 bridgehead atoms. The second kappa shape index (κ2) is 7.26. The summed E-state index contributed by atoms with van der Waals surface area (Å²) in [5.74, 6) is 0.748. The minimum atomic E-state index is 0.0108. The van der Waals surface area contributed by atoms with Crippen molar-refractivity contribution >= 4 is 11.6 Å². The summed E-state index contributed by atoms with van der Waals surface area (Å²) in [5, 5.41) is 6.22. The molecule has 1 aromatic rings. The molecule has 20 heavy (non-hydrogen) atoms. The van der Waals surface area contributed by atoms with Crippen LogP contribution in [0.15, 0.2) is 18.2 Å². The van der Waals surface area contributed by atoms with Crippen LogP contribution in [0.25, 0.3) is 0 Å². The molecule has 0 spiro atoms. The van der Waals surface area contributed by atoms with E-state index in [1.54, 1.807) is 0 Å². The third-order valence-corrected chi connectivity index (χ3v) is 3.29. The zero-order valence-electron chi connectivity index (χ0n) is 12.2. The molecule has 2 rings (SSSR count). The van der Waals surface area contributed by atoms with Crippen molar-refractivity contribution in [3.8, 4) is 5.75 Å². The highest BCUT2D eigenvalue weighted by Gasteiger charge is 2.14. The van der Waals surface area contributed by atoms with Gasteiger partial charge in [0, 0.05) is 26.2 Å². The van der Waals surface area contributed by atoms with Crippen molar-refractivity contribution < 1.29 is 9.53 Å². The van der Waals surface area contributed by atoms with E-state index in [2.05, 4.69) is 15.5 Å². The van der Waals surface area contributed by atoms with Crippen LogP contribution in [-0.2, 0) is 4.79 Å². The molecule has 1 aliphatic rings. The summed E-state index contributed by atoms with van der Waals surface area (Å²) in [6.07, 6.45) is 0. The molecule has 1 heterocycles. The summed E-state index contributed by atoms with van der Waals surface area (Å²) < 4.78 is 5.57. The average Bonchev–Trinajstić information content (AvgIpc) is 2.43. The van der Waals surface area contributed by atoms with Gasteiger partial charge in [-0.3, -0.25) is 9.69 Å². The first kappa shape index (κ1) is 14.8. The largest absolute Gasteiger partial charge is 0.492 e. The first-order valence-electron chi connectivity index (χ1n) is 7.15. The Balaban J connectivity index is 1.96. The average molecular weight is 277 g/mol. The number of hydrogen-bond donors (Lipinski definition) is 2. The molecule has 5 heteroatoms. The maximum atomic E-state index is 12.1. The monoisotopic (exact) mass is 277 g/mol. The molecule has 0 aromatic heterocycles. The molecule has 2 N–H and O–H groups in total. The number of nitrogens with zero attached hydrogens (tertiary/aromatic N) is 1. The fourth-order valence-corrected chi connectivity index (χ4v) is 2.27. The fraction of sp³-hybridized carbons (Fsp3) is 0.533. The number of nitrogens with one attached hydrogen (secondary N) is 2. The van der Waals surface area contributed by atoms with Crippen molar-refractivity contribution in [1.29, 1.82) is 0 Å². The second-order valence-corrected chi connectivity index (χ2v) is 5.01. The predicted octanol–water partition coefficient (Wildman–Crippen LogP) is 1.24. The Morgan fingerprint density at radius 1 is 1.40 bits per heavy atom. The highest BCUT2D eigenvalue weighted by atomic mass is 16.5. The van der Waals surface area contributed by atoms with Crippen LogP contribution in [-0.4, -0.2) is 50.1 Å². The lowest BCUT2D eigenvalue weighted by Crippen LogP contribution is -2.46. The van der Waals surface area contributed by atoms with E-state index in [1.807, 2.05) is 32.0 Å². The first-order chi connectivity index (χ1) is 9.69. The van der Waals surface area contributed by atoms with Gasteiger partial charge in [0.15, 0.2) is 0 Å². The van der Waals surface area contributed by atoms with Crippen LogP contribution in [0.5, 0.6) is 5.75 Å². The molecule has 1 aliphatic heterocycles. The number of piperazine rings is 1. The molecule has 0 atom stereocenters. The third kappa shape index (κ3) is 4.21. The maximum Gasteiger partial charge on any atom is 0.238 e. The molecule has 0 aliphatic carbocycles. The van der Waals surface area contributed by atoms with Gasteiger partial charge in [-0.2, -0.15) is 0 Å². The molecular formula is C15H23N3O2. The Labute approximate surface area is 120 Å². The number of amides is 1. The van der Waals surface area contributed by atoms with E-state index >= 15 is 0 Å². The Bertz CT molecular complexity index is 456. The van der Waals surface area contributed by atoms with Gasteiger partial charge >= 0.3 is 0 Å². The van der Waals surface area contributed by atoms with E-state index in [1.165, 1.54) is 0 Å². The number of hydrogen-bond acceptors (Lipinski definition) is 4. The standard InChI is InChI=1S/C15H23N3O2/c1-3-20-14-10-12(2)4-5-13(14)17-15(19)11-18-8-6-16-7-9-18/h4-5,10,16H,3,6-9,11H2,1-2H3,(H,17,19). The van der Waals surface area contributed by atoms with E-state index in [9.17, 15) is 4.79 Å². The summed E-state index contributed by atoms with van der Waals surface area (Å²) in [6.45, 7) is 8.69. The quantitative estimate of drug-likeness (QED) is 0.850. The van der Waals surface area contributed by atoms with Crippen LogP contribution in [0.4, 0.5) is 5.69 Å². The molecular weight excluding hydrogens is 254 g/mol. The SMILES string of the molecule is CCOc1cc(C)ccc1NC(=O)CN1CCNCC1. The molecule has 1 fully saturated rings. The lowest BCUT2D eigenvalue weighted by atomic mass is 10.2. The van der Waals surface area contributed by atoms with Crippen LogP contribution in [0.1, 0.15) is 12.5 Å². The van der Waals surface area contributed by atoms with Gasteiger partial charge in [0.25, 0.3) is 0 Å². The van der Waals surface area contributed by atoms with Gasteiger partial charge in [-0.15, -0.1) is 0 Å². The van der Waals surface area contributed by atoms with Crippen molar-refractivity contribution in [3.05, 3.63) is 23.8 Å². The number of carbonyl (C=O) groups excluding carboxylic acids is 1. The van der Waals surface area contributed by atoms with Crippen LogP contribution in [0, 0.1) is 6.92 Å². The normalized spacial score (nSPS) is 15.9. The van der Waals surface area contributed by atoms with Crippen molar-refractivity contribution in [1.82, 2.24) is 10.2 Å². The number of carbonyl (C=O) groups is 1. The Hall–Kier alpha value is -1.59. The van der Waals surface area contributed by atoms with Crippen LogP contribution in [0.2, 0.25) is 0 Å². The molecule has 0 radical (unpaired) electrons. The molecule has 110 valence electrons. The van der Waals surface area contributed by atoms with E-state index in [4.69, 9.17) is 4.74 Å². The number of benzene rings is 1. The van der Waals surface area contributed by atoms with E-state index in [0.29, 0.717) is 13.2 Å². The fourth-order valence-electron chi connectivity index (χ4n) is 2.27. The van der Waals surface area contributed by atoms with Crippen LogP contribution < -0.4 is 15.4 Å². The van der Waals surface area contributed by atoms with Crippen molar-refractivity contribution in [2.75, 3.05) is 44.6 Å². The lowest BCUT2D eigenvalue weighted by molar-refractivity contribution is -0.117. The van der Waals surface area contributed by atoms with Gasteiger partial charge in [-0.1, -0.05) is 6.07 Å². The van der Waals surface area contributed by atoms with E-state index in [-0.39, 0.29) is 5.91 Å². The molecule has 1 saturated heterocycles. The zero-order valence-corrected chi connectivity index (χ0v) is 12.2. The van der Waals surface area contributed by atoms with E-state index < -0.39 is 0 Å². The Kier molecular flexibility index (Phi) is 5.38. The van der Waals surface area contributed by atoms with Gasteiger partial charge in [-0.05, 0) is 31.5 Å². The van der Waals surface area contributed by atoms with Gasteiger partial charge in [0.1, 0.15) is 5.75 Å². The minimum Gasteiger partial charge on any atom is -0.492 e. The van der Waals surface area contributed by atoms with Crippen LogP contribution in [0.3, 0.4) is 0 Å². The van der Waals surface area contributed by atoms with Crippen molar-refractivity contribution in [2.45, 2.75) is 13.8 Å². The minimum absolute atomic E-state index is 0.0108. The smallest absolute Gasteiger partial charge is 0.238 e. The summed E-state index contributed by atoms with van der Waals surface area (Å²) in [6, 6.07) is 5.82. The topological polar surface area (TPSA) is 53.6 Å². The molecule has 1 aromatic carbocycles. The first-order valence-corrected chi connectivity index (χ1v) is 7.15. The van der Waals surface area contributed by atoms with Gasteiger partial charge in [0.2, 0.25) is 5.91 Å². The maximum absolute atomic E-state index is 12.1. The number of rotatable bonds is 5. The number of ether oxygens (including phenoxy) is 1. The van der Waals surface area contributed by atoms with Gasteiger partial charge < -0.3 is 15.4 Å². The lowest BCUT2D eigenvalue weighted by Gasteiger charge is -2.26. The highest BCUT2D eigenvalue weighted by Crippen LogP contribution is 2.25. The summed E-state index contributed by atoms with van der Waals surface area (Å²) in [4.78, 5) is 14.2. The van der Waals surface area contributed by atoms with Crippen molar-refractivity contribution in [3.63, 3.8) is 0 Å². The summed E-state index contributed by atoms with van der Waals surface area (Å²) in [7, 11) is 0. The van der Waals surface area contributed by atoms with Gasteiger partial charge in [0.05, 0.1) is 18.8 Å². The van der Waals surface area contributed by atoms with Crippen LogP contribution >= 0.6 is 0 Å².